The first-order valence-corrected chi connectivity index (χ1v) is 8.68. The number of ether oxygens (including phenoxy) is 2. The van der Waals surface area contributed by atoms with E-state index >= 15 is 0 Å². The summed E-state index contributed by atoms with van der Waals surface area (Å²) in [5.41, 5.74) is -0.194. The molecule has 1 fully saturated rings. The van der Waals surface area contributed by atoms with Gasteiger partial charge in [-0.15, -0.1) is 0 Å². The highest BCUT2D eigenvalue weighted by atomic mass is 16.5. The standard InChI is InChI=1S/C19H28N2O4/c1-19(2,18(23)21-10-6-5-7-11-21)17(22)20-13-14-8-9-15(24-3)16(12-14)25-4/h8-9,12H,5-7,10-11,13H2,1-4H3,(H,20,22). The lowest BCUT2D eigenvalue weighted by molar-refractivity contribution is -0.149. The summed E-state index contributed by atoms with van der Waals surface area (Å²) in [6, 6.07) is 5.48. The van der Waals surface area contributed by atoms with Gasteiger partial charge in [-0.25, -0.2) is 0 Å². The van der Waals surface area contributed by atoms with Crippen LogP contribution >= 0.6 is 0 Å². The van der Waals surface area contributed by atoms with E-state index in [0.29, 0.717) is 18.0 Å². The monoisotopic (exact) mass is 348 g/mol. The fourth-order valence-electron chi connectivity index (χ4n) is 2.98. The molecule has 2 rings (SSSR count). The normalized spacial score (nSPS) is 14.8. The van der Waals surface area contributed by atoms with Crippen molar-refractivity contribution in [2.45, 2.75) is 39.7 Å². The van der Waals surface area contributed by atoms with Crippen molar-refractivity contribution in [2.24, 2.45) is 5.41 Å². The molecule has 25 heavy (non-hydrogen) atoms. The van der Waals surface area contributed by atoms with Crippen LogP contribution in [0.4, 0.5) is 0 Å². The molecule has 0 unspecified atom stereocenters. The van der Waals surface area contributed by atoms with Crippen molar-refractivity contribution in [3.63, 3.8) is 0 Å². The smallest absolute Gasteiger partial charge is 0.237 e. The molecule has 6 nitrogen and oxygen atoms in total. The number of rotatable bonds is 6. The SMILES string of the molecule is COc1ccc(CNC(=O)C(C)(C)C(=O)N2CCCCC2)cc1OC. The number of hydrogen-bond donors (Lipinski definition) is 1. The molecule has 1 saturated heterocycles. The number of amides is 2. The molecular weight excluding hydrogens is 320 g/mol. The van der Waals surface area contributed by atoms with Crippen LogP contribution in [-0.2, 0) is 16.1 Å². The molecule has 0 aliphatic carbocycles. The highest BCUT2D eigenvalue weighted by molar-refractivity contribution is 6.04. The van der Waals surface area contributed by atoms with E-state index in [1.807, 2.05) is 12.1 Å². The molecule has 0 atom stereocenters. The topological polar surface area (TPSA) is 67.9 Å². The minimum Gasteiger partial charge on any atom is -0.493 e. The Morgan fingerprint density at radius 2 is 1.72 bits per heavy atom. The van der Waals surface area contributed by atoms with Gasteiger partial charge >= 0.3 is 0 Å². The average molecular weight is 348 g/mol. The summed E-state index contributed by atoms with van der Waals surface area (Å²) in [5.74, 6) is 0.881. The number of methoxy groups -OCH3 is 2. The summed E-state index contributed by atoms with van der Waals surface area (Å²) in [5, 5.41) is 2.87. The maximum Gasteiger partial charge on any atom is 0.237 e. The molecule has 6 heteroatoms. The molecule has 0 aromatic heterocycles. The van der Waals surface area contributed by atoms with E-state index in [9.17, 15) is 9.59 Å². The van der Waals surface area contributed by atoms with E-state index in [4.69, 9.17) is 9.47 Å². The molecule has 1 N–H and O–H groups in total. The minimum absolute atomic E-state index is 0.1000. The molecule has 1 aromatic carbocycles. The maximum absolute atomic E-state index is 12.7. The number of likely N-dealkylation sites (tertiary alicyclic amines) is 1. The van der Waals surface area contributed by atoms with Crippen LogP contribution in [0.1, 0.15) is 38.7 Å². The van der Waals surface area contributed by atoms with E-state index < -0.39 is 5.41 Å². The second kappa shape index (κ2) is 8.23. The first-order chi connectivity index (χ1) is 11.9. The zero-order valence-electron chi connectivity index (χ0n) is 15.6. The Hall–Kier alpha value is -2.24. The van der Waals surface area contributed by atoms with Gasteiger partial charge in [-0.1, -0.05) is 6.07 Å². The molecule has 1 aliphatic rings. The quantitative estimate of drug-likeness (QED) is 0.802. The van der Waals surface area contributed by atoms with Gasteiger partial charge in [0.1, 0.15) is 5.41 Å². The number of piperidine rings is 1. The van der Waals surface area contributed by atoms with Gasteiger partial charge in [0.25, 0.3) is 0 Å². The van der Waals surface area contributed by atoms with Crippen LogP contribution in [0, 0.1) is 5.41 Å². The van der Waals surface area contributed by atoms with Gasteiger partial charge in [-0.3, -0.25) is 9.59 Å². The van der Waals surface area contributed by atoms with Crippen molar-refractivity contribution < 1.29 is 19.1 Å². The van der Waals surface area contributed by atoms with Crippen LogP contribution in [0.25, 0.3) is 0 Å². The van der Waals surface area contributed by atoms with E-state index in [1.54, 1.807) is 39.0 Å². The lowest BCUT2D eigenvalue weighted by atomic mass is 9.89. The zero-order chi connectivity index (χ0) is 18.4. The van der Waals surface area contributed by atoms with E-state index in [0.717, 1.165) is 37.9 Å². The first kappa shape index (κ1) is 19.1. The van der Waals surface area contributed by atoms with Crippen molar-refractivity contribution >= 4 is 11.8 Å². The average Bonchev–Trinajstić information content (AvgIpc) is 2.65. The Morgan fingerprint density at radius 3 is 2.32 bits per heavy atom. The van der Waals surface area contributed by atoms with Crippen molar-refractivity contribution in [1.82, 2.24) is 10.2 Å². The molecule has 0 bridgehead atoms. The lowest BCUT2D eigenvalue weighted by Gasteiger charge is -2.33. The Morgan fingerprint density at radius 1 is 1.08 bits per heavy atom. The number of benzene rings is 1. The van der Waals surface area contributed by atoms with Crippen LogP contribution in [0.5, 0.6) is 11.5 Å². The largest absolute Gasteiger partial charge is 0.493 e. The second-order valence-corrected chi connectivity index (χ2v) is 6.85. The van der Waals surface area contributed by atoms with Gasteiger partial charge in [0.2, 0.25) is 11.8 Å². The summed E-state index contributed by atoms with van der Waals surface area (Å²) in [6.45, 7) is 5.19. The van der Waals surface area contributed by atoms with Gasteiger partial charge in [-0.05, 0) is 50.8 Å². The second-order valence-electron chi connectivity index (χ2n) is 6.85. The number of carbonyl (C=O) groups is 2. The van der Waals surface area contributed by atoms with Gasteiger partial charge in [0.05, 0.1) is 14.2 Å². The minimum atomic E-state index is -1.08. The predicted octanol–water partition coefficient (Wildman–Crippen LogP) is 2.36. The molecule has 138 valence electrons. The number of carbonyl (C=O) groups excluding carboxylic acids is 2. The van der Waals surface area contributed by atoms with Crippen LogP contribution in [0.15, 0.2) is 18.2 Å². The highest BCUT2D eigenvalue weighted by Crippen LogP contribution is 2.28. The van der Waals surface area contributed by atoms with Gasteiger partial charge in [0, 0.05) is 19.6 Å². The van der Waals surface area contributed by atoms with Crippen LogP contribution < -0.4 is 14.8 Å². The highest BCUT2D eigenvalue weighted by Gasteiger charge is 2.39. The Bertz CT molecular complexity index is 622. The number of nitrogens with zero attached hydrogens (tertiary/aromatic N) is 1. The van der Waals surface area contributed by atoms with Crippen molar-refractivity contribution in [2.75, 3.05) is 27.3 Å². The Balaban J connectivity index is 1.99. The predicted molar refractivity (Wildman–Crippen MR) is 95.6 cm³/mol. The van der Waals surface area contributed by atoms with Crippen LogP contribution in [0.2, 0.25) is 0 Å². The third-order valence-corrected chi connectivity index (χ3v) is 4.65. The molecule has 0 spiro atoms. The van der Waals surface area contributed by atoms with Crippen molar-refractivity contribution in [3.05, 3.63) is 23.8 Å². The maximum atomic E-state index is 12.7. The molecule has 1 aliphatic heterocycles. The molecule has 1 heterocycles. The lowest BCUT2D eigenvalue weighted by Crippen LogP contribution is -2.50. The number of hydrogen-bond acceptors (Lipinski definition) is 4. The Kier molecular flexibility index (Phi) is 6.28. The third kappa shape index (κ3) is 4.44. The van der Waals surface area contributed by atoms with Crippen LogP contribution in [-0.4, -0.2) is 44.0 Å². The zero-order valence-corrected chi connectivity index (χ0v) is 15.6. The van der Waals surface area contributed by atoms with E-state index in [1.165, 1.54) is 0 Å². The summed E-state index contributed by atoms with van der Waals surface area (Å²) >= 11 is 0. The van der Waals surface area contributed by atoms with E-state index in [2.05, 4.69) is 5.32 Å². The molecule has 0 radical (unpaired) electrons. The number of nitrogens with one attached hydrogen (secondary N) is 1. The van der Waals surface area contributed by atoms with Gasteiger partial charge < -0.3 is 19.7 Å². The fourth-order valence-corrected chi connectivity index (χ4v) is 2.98. The summed E-state index contributed by atoms with van der Waals surface area (Å²) in [4.78, 5) is 27.1. The third-order valence-electron chi connectivity index (χ3n) is 4.65. The molecule has 1 aromatic rings. The van der Waals surface area contributed by atoms with Gasteiger partial charge in [0.15, 0.2) is 11.5 Å². The molecule has 2 amide bonds. The molecular formula is C19H28N2O4. The summed E-state index contributed by atoms with van der Waals surface area (Å²) < 4.78 is 10.5. The van der Waals surface area contributed by atoms with Gasteiger partial charge in [-0.2, -0.15) is 0 Å². The first-order valence-electron chi connectivity index (χ1n) is 8.68. The fraction of sp³-hybridized carbons (Fsp3) is 0.579. The van der Waals surface area contributed by atoms with Crippen molar-refractivity contribution in [1.29, 1.82) is 0 Å². The van der Waals surface area contributed by atoms with Crippen molar-refractivity contribution in [3.8, 4) is 11.5 Å². The summed E-state index contributed by atoms with van der Waals surface area (Å²) in [7, 11) is 3.15. The van der Waals surface area contributed by atoms with E-state index in [-0.39, 0.29) is 11.8 Å². The summed E-state index contributed by atoms with van der Waals surface area (Å²) in [6.07, 6.45) is 3.17. The molecule has 0 saturated carbocycles. The Labute approximate surface area is 149 Å². The van der Waals surface area contributed by atoms with Crippen LogP contribution in [0.3, 0.4) is 0 Å².